The lowest BCUT2D eigenvalue weighted by atomic mass is 9.93. The summed E-state index contributed by atoms with van der Waals surface area (Å²) < 4.78 is 8.38. The fourth-order valence-corrected chi connectivity index (χ4v) is 2.20. The molecule has 3 heterocycles. The number of fused-ring (bicyclic) bond motifs is 2. The molecule has 3 aromatic heterocycles. The Morgan fingerprint density at radius 1 is 1.41 bits per heavy atom. The van der Waals surface area contributed by atoms with E-state index in [-0.39, 0.29) is 30.9 Å². The highest BCUT2D eigenvalue weighted by Crippen LogP contribution is 2.21. The summed E-state index contributed by atoms with van der Waals surface area (Å²) >= 11 is 0. The van der Waals surface area contributed by atoms with Gasteiger partial charge in [0.1, 0.15) is 6.73 Å². The number of hydrogen-bond acceptors (Lipinski definition) is 5. The Bertz CT molecular complexity index is 868. The molecule has 8 nitrogen and oxygen atoms in total. The van der Waals surface area contributed by atoms with Crippen molar-refractivity contribution in [3.63, 3.8) is 0 Å². The average Bonchev–Trinajstić information content (AvgIpc) is 3.04. The molecule has 0 unspecified atom stereocenters. The minimum absolute atomic E-state index is 0.0570. The Balaban J connectivity index is 2.13. The van der Waals surface area contributed by atoms with Gasteiger partial charge in [-0.25, -0.2) is 9.38 Å². The minimum atomic E-state index is -0.215. The number of hydrogen-bond donors (Lipinski definition) is 2. The van der Waals surface area contributed by atoms with Crippen molar-refractivity contribution in [3.05, 3.63) is 28.6 Å². The van der Waals surface area contributed by atoms with Crippen LogP contribution in [0.1, 0.15) is 26.5 Å². The first-order valence-corrected chi connectivity index (χ1v) is 7.07. The monoisotopic (exact) mass is 305 g/mol. The molecule has 3 aromatic rings. The van der Waals surface area contributed by atoms with Crippen molar-refractivity contribution >= 4 is 16.9 Å². The number of aromatic nitrogens is 5. The molecule has 0 aromatic carbocycles. The molecule has 0 radical (unpaired) electrons. The molecule has 2 N–H and O–H groups in total. The number of aliphatic hydroxyl groups is 1. The standard InChI is InChI=1S/C14H19N5O3/c1-14(2,3)9-6-19-12(21)10-11(17-13(19)16-9)18(7-15-10)8-22-5-4-20/h6-7,20H,4-5,8H2,1-3H3,(H,16,17). The summed E-state index contributed by atoms with van der Waals surface area (Å²) in [4.78, 5) is 24.3. The van der Waals surface area contributed by atoms with Crippen LogP contribution in [0.2, 0.25) is 0 Å². The van der Waals surface area contributed by atoms with E-state index < -0.39 is 0 Å². The quantitative estimate of drug-likeness (QED) is 0.689. The van der Waals surface area contributed by atoms with Crippen molar-refractivity contribution < 1.29 is 9.84 Å². The maximum atomic E-state index is 12.5. The van der Waals surface area contributed by atoms with Crippen LogP contribution in [0, 0.1) is 0 Å². The maximum Gasteiger partial charge on any atom is 0.287 e. The number of aromatic amines is 1. The van der Waals surface area contributed by atoms with Gasteiger partial charge in [-0.05, 0) is 0 Å². The van der Waals surface area contributed by atoms with Gasteiger partial charge in [0.15, 0.2) is 11.2 Å². The van der Waals surface area contributed by atoms with Gasteiger partial charge in [0.05, 0.1) is 19.5 Å². The SMILES string of the molecule is CC(C)(C)c1cn2c(=O)c3ncn(COCCO)c3nc2[nH]1. The van der Waals surface area contributed by atoms with Crippen molar-refractivity contribution in [2.75, 3.05) is 13.2 Å². The summed E-state index contributed by atoms with van der Waals surface area (Å²) in [7, 11) is 0. The highest BCUT2D eigenvalue weighted by atomic mass is 16.5. The number of aliphatic hydroxyl groups excluding tert-OH is 1. The number of ether oxygens (including phenoxy) is 1. The molecule has 22 heavy (non-hydrogen) atoms. The van der Waals surface area contributed by atoms with Gasteiger partial charge in [-0.15, -0.1) is 0 Å². The van der Waals surface area contributed by atoms with Gasteiger partial charge >= 0.3 is 0 Å². The van der Waals surface area contributed by atoms with E-state index in [1.54, 1.807) is 10.8 Å². The van der Waals surface area contributed by atoms with Gasteiger partial charge in [-0.3, -0.25) is 9.36 Å². The van der Waals surface area contributed by atoms with Gasteiger partial charge in [0, 0.05) is 17.3 Å². The van der Waals surface area contributed by atoms with Crippen molar-refractivity contribution in [1.82, 2.24) is 23.9 Å². The highest BCUT2D eigenvalue weighted by Gasteiger charge is 2.19. The van der Waals surface area contributed by atoms with Crippen LogP contribution in [-0.2, 0) is 16.9 Å². The van der Waals surface area contributed by atoms with Gasteiger partial charge in [-0.1, -0.05) is 20.8 Å². The second-order valence-corrected chi connectivity index (χ2v) is 6.18. The van der Waals surface area contributed by atoms with E-state index >= 15 is 0 Å². The molecule has 118 valence electrons. The molecule has 0 saturated heterocycles. The molecule has 0 spiro atoms. The third-order valence-electron chi connectivity index (χ3n) is 3.45. The Morgan fingerprint density at radius 3 is 2.86 bits per heavy atom. The molecule has 0 atom stereocenters. The van der Waals surface area contributed by atoms with Crippen molar-refractivity contribution in [2.24, 2.45) is 0 Å². The molecule has 0 bridgehead atoms. The van der Waals surface area contributed by atoms with Crippen LogP contribution in [0.3, 0.4) is 0 Å². The molecule has 8 heteroatoms. The zero-order valence-electron chi connectivity index (χ0n) is 12.8. The van der Waals surface area contributed by atoms with Crippen LogP contribution < -0.4 is 5.56 Å². The summed E-state index contributed by atoms with van der Waals surface area (Å²) in [5.74, 6) is 0.478. The Morgan fingerprint density at radius 2 is 2.18 bits per heavy atom. The largest absolute Gasteiger partial charge is 0.394 e. The van der Waals surface area contributed by atoms with Crippen LogP contribution in [0.5, 0.6) is 0 Å². The molecular weight excluding hydrogens is 286 g/mol. The Kier molecular flexibility index (Phi) is 3.50. The lowest BCUT2D eigenvalue weighted by Crippen LogP contribution is -2.15. The van der Waals surface area contributed by atoms with Crippen LogP contribution in [0.15, 0.2) is 17.3 Å². The summed E-state index contributed by atoms with van der Waals surface area (Å²) in [6.45, 7) is 6.53. The number of H-pyrrole nitrogens is 1. The molecular formula is C14H19N5O3. The normalized spacial score (nSPS) is 12.5. The zero-order valence-corrected chi connectivity index (χ0v) is 12.8. The summed E-state index contributed by atoms with van der Waals surface area (Å²) in [6.07, 6.45) is 3.28. The molecule has 0 saturated carbocycles. The summed E-state index contributed by atoms with van der Waals surface area (Å²) in [5.41, 5.74) is 1.35. The van der Waals surface area contributed by atoms with Crippen molar-refractivity contribution in [3.8, 4) is 0 Å². The van der Waals surface area contributed by atoms with Crippen LogP contribution >= 0.6 is 0 Å². The van der Waals surface area contributed by atoms with Crippen LogP contribution in [0.25, 0.3) is 16.9 Å². The fourth-order valence-electron chi connectivity index (χ4n) is 2.20. The third kappa shape index (κ3) is 2.40. The van der Waals surface area contributed by atoms with E-state index in [0.29, 0.717) is 16.9 Å². The van der Waals surface area contributed by atoms with E-state index in [2.05, 4.69) is 35.7 Å². The average molecular weight is 305 g/mol. The molecule has 0 amide bonds. The Hall–Kier alpha value is -2.19. The zero-order chi connectivity index (χ0) is 15.9. The maximum absolute atomic E-state index is 12.5. The van der Waals surface area contributed by atoms with Gasteiger partial charge in [-0.2, -0.15) is 4.98 Å². The second kappa shape index (κ2) is 5.22. The first-order valence-electron chi connectivity index (χ1n) is 7.07. The van der Waals surface area contributed by atoms with E-state index in [0.717, 1.165) is 5.69 Å². The lowest BCUT2D eigenvalue weighted by molar-refractivity contribution is 0.0499. The van der Waals surface area contributed by atoms with Gasteiger partial charge in [0.2, 0.25) is 5.78 Å². The minimum Gasteiger partial charge on any atom is -0.394 e. The topological polar surface area (TPSA) is 97.4 Å². The number of rotatable bonds is 4. The van der Waals surface area contributed by atoms with E-state index in [1.165, 1.54) is 10.7 Å². The smallest absolute Gasteiger partial charge is 0.287 e. The second-order valence-electron chi connectivity index (χ2n) is 6.18. The van der Waals surface area contributed by atoms with Gasteiger partial charge in [0.25, 0.3) is 5.56 Å². The fraction of sp³-hybridized carbons (Fsp3) is 0.500. The first kappa shape index (κ1) is 14.7. The number of imidazole rings is 2. The van der Waals surface area contributed by atoms with Crippen LogP contribution in [0.4, 0.5) is 0 Å². The molecule has 0 fully saturated rings. The van der Waals surface area contributed by atoms with Crippen LogP contribution in [-0.4, -0.2) is 42.2 Å². The summed E-state index contributed by atoms with van der Waals surface area (Å²) in [5, 5.41) is 8.75. The third-order valence-corrected chi connectivity index (χ3v) is 3.45. The van der Waals surface area contributed by atoms with E-state index in [1.807, 2.05) is 0 Å². The number of nitrogens with zero attached hydrogens (tertiary/aromatic N) is 4. The Labute approximate surface area is 126 Å². The predicted molar refractivity (Wildman–Crippen MR) is 80.8 cm³/mol. The summed E-state index contributed by atoms with van der Waals surface area (Å²) in [6, 6.07) is 0. The van der Waals surface area contributed by atoms with Gasteiger partial charge < -0.3 is 14.8 Å². The lowest BCUT2D eigenvalue weighted by Gasteiger charge is -2.14. The molecule has 0 aliphatic heterocycles. The first-order chi connectivity index (χ1) is 10.4. The van der Waals surface area contributed by atoms with E-state index in [4.69, 9.17) is 9.84 Å². The van der Waals surface area contributed by atoms with Crippen molar-refractivity contribution in [2.45, 2.75) is 32.9 Å². The van der Waals surface area contributed by atoms with Crippen molar-refractivity contribution in [1.29, 1.82) is 0 Å². The number of nitrogens with one attached hydrogen (secondary N) is 1. The highest BCUT2D eigenvalue weighted by molar-refractivity contribution is 5.71. The molecule has 0 aliphatic rings. The molecule has 3 rings (SSSR count). The predicted octanol–water partition coefficient (Wildman–Crippen LogP) is 0.636. The molecule has 0 aliphatic carbocycles. The van der Waals surface area contributed by atoms with E-state index in [9.17, 15) is 4.79 Å².